The Balaban J connectivity index is 1.53. The van der Waals surface area contributed by atoms with E-state index in [2.05, 4.69) is 49.2 Å². The highest BCUT2D eigenvalue weighted by Crippen LogP contribution is 2.34. The van der Waals surface area contributed by atoms with E-state index in [0.717, 1.165) is 22.3 Å². The molecule has 0 bridgehead atoms. The lowest BCUT2D eigenvalue weighted by Gasteiger charge is -2.15. The Bertz CT molecular complexity index is 1420. The molecule has 0 radical (unpaired) electrons. The average molecular weight is 502 g/mol. The SMILES string of the molecule is Cc1ccc(-c2cccc(COc3cc(OCc4cncc(C(=O)O)c4)c(C=O)cc3Cl)c2C)cc1. The number of pyridine rings is 1. The number of carboxylic acid groups (broad SMARTS) is 1. The lowest BCUT2D eigenvalue weighted by atomic mass is 9.96. The largest absolute Gasteiger partial charge is 0.488 e. The van der Waals surface area contributed by atoms with Crippen molar-refractivity contribution < 1.29 is 24.2 Å². The first-order valence-electron chi connectivity index (χ1n) is 11.2. The highest BCUT2D eigenvalue weighted by atomic mass is 35.5. The number of aromatic carboxylic acids is 1. The van der Waals surface area contributed by atoms with E-state index in [4.69, 9.17) is 26.2 Å². The molecule has 0 spiro atoms. The topological polar surface area (TPSA) is 85.7 Å². The third-order valence-electron chi connectivity index (χ3n) is 5.82. The fraction of sp³-hybridized carbons (Fsp3) is 0.138. The van der Waals surface area contributed by atoms with Gasteiger partial charge in [-0.2, -0.15) is 0 Å². The molecule has 0 fully saturated rings. The quantitative estimate of drug-likeness (QED) is 0.257. The number of aryl methyl sites for hydroxylation is 1. The zero-order valence-corrected chi connectivity index (χ0v) is 20.6. The molecule has 1 aromatic heterocycles. The standard InChI is InChI=1S/C29H24ClNO5/c1-18-6-8-21(9-7-18)25-5-3-4-22(19(25)2)17-36-28-12-27(24(15-32)11-26(28)30)35-16-20-10-23(29(33)34)14-31-13-20/h3-15H,16-17H2,1-2H3,(H,33,34). The molecule has 0 unspecified atom stereocenters. The Labute approximate surface area is 214 Å². The molecular weight excluding hydrogens is 478 g/mol. The summed E-state index contributed by atoms with van der Waals surface area (Å²) >= 11 is 6.39. The second-order valence-electron chi connectivity index (χ2n) is 8.36. The van der Waals surface area contributed by atoms with Gasteiger partial charge in [-0.3, -0.25) is 9.78 Å². The number of hydrogen-bond acceptors (Lipinski definition) is 5. The molecule has 0 amide bonds. The van der Waals surface area contributed by atoms with Crippen LogP contribution in [0.1, 0.15) is 43.0 Å². The lowest BCUT2D eigenvalue weighted by Crippen LogP contribution is -2.04. The van der Waals surface area contributed by atoms with E-state index >= 15 is 0 Å². The van der Waals surface area contributed by atoms with E-state index in [-0.39, 0.29) is 35.1 Å². The van der Waals surface area contributed by atoms with Crippen molar-refractivity contribution in [3.05, 3.63) is 111 Å². The van der Waals surface area contributed by atoms with Crippen molar-refractivity contribution >= 4 is 23.9 Å². The number of hydrogen-bond donors (Lipinski definition) is 1. The summed E-state index contributed by atoms with van der Waals surface area (Å²) in [5.74, 6) is -0.438. The molecule has 36 heavy (non-hydrogen) atoms. The van der Waals surface area contributed by atoms with Crippen LogP contribution in [0.25, 0.3) is 11.1 Å². The Morgan fingerprint density at radius 2 is 1.72 bits per heavy atom. The van der Waals surface area contributed by atoms with Crippen LogP contribution in [0.2, 0.25) is 5.02 Å². The number of nitrogens with zero attached hydrogens (tertiary/aromatic N) is 1. The number of carbonyl (C=O) groups excluding carboxylic acids is 1. The third kappa shape index (κ3) is 5.73. The first-order chi connectivity index (χ1) is 17.4. The molecule has 4 aromatic rings. The number of ether oxygens (including phenoxy) is 2. The zero-order valence-electron chi connectivity index (χ0n) is 19.8. The van der Waals surface area contributed by atoms with Crippen molar-refractivity contribution in [1.82, 2.24) is 4.98 Å². The Hall–Kier alpha value is -4.16. The molecule has 0 aliphatic carbocycles. The maximum Gasteiger partial charge on any atom is 0.337 e. The van der Waals surface area contributed by atoms with Crippen molar-refractivity contribution in [1.29, 1.82) is 0 Å². The second kappa shape index (κ2) is 11.1. The zero-order chi connectivity index (χ0) is 25.7. The molecule has 6 nitrogen and oxygen atoms in total. The summed E-state index contributed by atoms with van der Waals surface area (Å²) < 4.78 is 11.8. The minimum Gasteiger partial charge on any atom is -0.488 e. The van der Waals surface area contributed by atoms with Gasteiger partial charge in [-0.25, -0.2) is 4.79 Å². The van der Waals surface area contributed by atoms with E-state index in [1.807, 2.05) is 12.1 Å². The van der Waals surface area contributed by atoms with Gasteiger partial charge in [0.15, 0.2) is 6.29 Å². The normalized spacial score (nSPS) is 10.6. The minimum absolute atomic E-state index is 0.0216. The Morgan fingerprint density at radius 3 is 2.44 bits per heavy atom. The van der Waals surface area contributed by atoms with Crippen LogP contribution in [-0.4, -0.2) is 22.3 Å². The van der Waals surface area contributed by atoms with Crippen LogP contribution in [0.4, 0.5) is 0 Å². The highest BCUT2D eigenvalue weighted by molar-refractivity contribution is 6.32. The van der Waals surface area contributed by atoms with E-state index in [9.17, 15) is 9.59 Å². The van der Waals surface area contributed by atoms with E-state index < -0.39 is 5.97 Å². The number of carboxylic acids is 1. The first-order valence-corrected chi connectivity index (χ1v) is 11.6. The van der Waals surface area contributed by atoms with Gasteiger partial charge in [0.1, 0.15) is 24.7 Å². The number of rotatable bonds is 9. The summed E-state index contributed by atoms with van der Waals surface area (Å²) in [5.41, 5.74) is 6.42. The average Bonchev–Trinajstić information content (AvgIpc) is 2.88. The smallest absolute Gasteiger partial charge is 0.337 e. The van der Waals surface area contributed by atoms with Crippen molar-refractivity contribution in [3.63, 3.8) is 0 Å². The molecule has 182 valence electrons. The second-order valence-corrected chi connectivity index (χ2v) is 8.77. The summed E-state index contributed by atoms with van der Waals surface area (Å²) in [4.78, 5) is 26.7. The van der Waals surface area contributed by atoms with Gasteiger partial charge in [0.25, 0.3) is 0 Å². The fourth-order valence-electron chi connectivity index (χ4n) is 3.76. The van der Waals surface area contributed by atoms with Gasteiger partial charge < -0.3 is 14.6 Å². The summed E-state index contributed by atoms with van der Waals surface area (Å²) in [6.45, 7) is 4.41. The van der Waals surface area contributed by atoms with E-state index in [1.54, 1.807) is 6.07 Å². The number of aldehydes is 1. The molecule has 4 rings (SSSR count). The van der Waals surface area contributed by atoms with Gasteiger partial charge in [-0.15, -0.1) is 0 Å². The number of aromatic nitrogens is 1. The van der Waals surface area contributed by atoms with Gasteiger partial charge in [0, 0.05) is 24.0 Å². The van der Waals surface area contributed by atoms with Gasteiger partial charge in [0.2, 0.25) is 0 Å². The van der Waals surface area contributed by atoms with Crippen LogP contribution in [0.3, 0.4) is 0 Å². The van der Waals surface area contributed by atoms with Crippen molar-refractivity contribution in [2.75, 3.05) is 0 Å². The van der Waals surface area contributed by atoms with Crippen molar-refractivity contribution in [2.24, 2.45) is 0 Å². The van der Waals surface area contributed by atoms with Crippen LogP contribution in [0.5, 0.6) is 11.5 Å². The molecule has 0 saturated carbocycles. The third-order valence-corrected chi connectivity index (χ3v) is 6.11. The predicted octanol–water partition coefficient (Wildman–Crippen LogP) is 6.69. The lowest BCUT2D eigenvalue weighted by molar-refractivity contribution is 0.0696. The molecule has 0 saturated heterocycles. The van der Waals surface area contributed by atoms with Gasteiger partial charge in [-0.05, 0) is 48.2 Å². The maximum atomic E-state index is 11.6. The number of benzene rings is 3. The number of carbonyl (C=O) groups is 2. The Morgan fingerprint density at radius 1 is 0.972 bits per heavy atom. The molecule has 0 aliphatic rings. The summed E-state index contributed by atoms with van der Waals surface area (Å²) in [6, 6.07) is 19.0. The van der Waals surface area contributed by atoms with Crippen LogP contribution in [-0.2, 0) is 13.2 Å². The molecule has 3 aromatic carbocycles. The molecule has 0 atom stereocenters. The van der Waals surface area contributed by atoms with E-state index in [0.29, 0.717) is 17.6 Å². The molecule has 0 aliphatic heterocycles. The predicted molar refractivity (Wildman–Crippen MR) is 138 cm³/mol. The number of halogens is 1. The fourth-order valence-corrected chi connectivity index (χ4v) is 3.99. The van der Waals surface area contributed by atoms with Crippen molar-refractivity contribution in [3.8, 4) is 22.6 Å². The maximum absolute atomic E-state index is 11.6. The van der Waals surface area contributed by atoms with E-state index in [1.165, 1.54) is 30.1 Å². The van der Waals surface area contributed by atoms with Crippen molar-refractivity contribution in [2.45, 2.75) is 27.1 Å². The minimum atomic E-state index is -1.08. The van der Waals surface area contributed by atoms with Crippen LogP contribution in [0, 0.1) is 13.8 Å². The highest BCUT2D eigenvalue weighted by Gasteiger charge is 2.14. The monoisotopic (exact) mass is 501 g/mol. The summed E-state index contributed by atoms with van der Waals surface area (Å²) in [6.07, 6.45) is 3.41. The molecular formula is C29H24ClNO5. The van der Waals surface area contributed by atoms with Crippen LogP contribution < -0.4 is 9.47 Å². The van der Waals surface area contributed by atoms with Gasteiger partial charge in [0.05, 0.1) is 16.1 Å². The van der Waals surface area contributed by atoms with Gasteiger partial charge >= 0.3 is 5.97 Å². The molecule has 7 heteroatoms. The van der Waals surface area contributed by atoms with Gasteiger partial charge in [-0.1, -0.05) is 59.6 Å². The van der Waals surface area contributed by atoms with Crippen LogP contribution >= 0.6 is 11.6 Å². The molecule has 1 N–H and O–H groups in total. The molecule has 1 heterocycles. The summed E-state index contributed by atoms with van der Waals surface area (Å²) in [5, 5.41) is 9.43. The summed E-state index contributed by atoms with van der Waals surface area (Å²) in [7, 11) is 0. The van der Waals surface area contributed by atoms with Crippen LogP contribution in [0.15, 0.2) is 73.1 Å². The Kier molecular flexibility index (Phi) is 7.66. The first kappa shape index (κ1) is 24.9.